The van der Waals surface area contributed by atoms with Gasteiger partial charge in [-0.25, -0.2) is 0 Å². The summed E-state index contributed by atoms with van der Waals surface area (Å²) in [5.74, 6) is 0. The van der Waals surface area contributed by atoms with Crippen LogP contribution in [0, 0.1) is 0 Å². The predicted octanol–water partition coefficient (Wildman–Crippen LogP) is 4.23. The number of likely N-dealkylation sites (N-methyl/N-ethyl adjacent to an activating group) is 1. The molecule has 1 aliphatic carbocycles. The van der Waals surface area contributed by atoms with E-state index in [1.54, 1.807) is 0 Å². The van der Waals surface area contributed by atoms with Crippen molar-refractivity contribution >= 4 is 0 Å². The first-order chi connectivity index (χ1) is 8.15. The largest absolute Gasteiger partial charge is 0.371 e. The van der Waals surface area contributed by atoms with Gasteiger partial charge in [0.1, 0.15) is 0 Å². The molecule has 0 saturated heterocycles. The number of hydrogen-bond donors (Lipinski definition) is 0. The van der Waals surface area contributed by atoms with Gasteiger partial charge in [-0.15, -0.1) is 0 Å². The predicted molar refractivity (Wildman–Crippen MR) is 79.0 cm³/mol. The molecule has 1 aliphatic rings. The molecular formula is C16H33NO. The molecule has 0 unspecified atom stereocenters. The fourth-order valence-corrected chi connectivity index (χ4v) is 3.23. The fourth-order valence-electron chi connectivity index (χ4n) is 3.23. The van der Waals surface area contributed by atoms with Crippen LogP contribution in [0.2, 0.25) is 0 Å². The Bertz CT molecular complexity index is 249. The summed E-state index contributed by atoms with van der Waals surface area (Å²) >= 11 is 0. The van der Waals surface area contributed by atoms with E-state index in [1.807, 2.05) is 0 Å². The third-order valence-corrected chi connectivity index (χ3v) is 3.78. The van der Waals surface area contributed by atoms with Gasteiger partial charge in [-0.3, -0.25) is 4.90 Å². The van der Waals surface area contributed by atoms with E-state index in [2.05, 4.69) is 53.4 Å². The molecule has 0 aromatic heterocycles. The van der Waals surface area contributed by atoms with E-state index < -0.39 is 0 Å². The molecule has 0 aliphatic heterocycles. The molecule has 0 aromatic carbocycles. The Morgan fingerprint density at radius 2 is 1.56 bits per heavy atom. The highest BCUT2D eigenvalue weighted by Gasteiger charge is 2.36. The zero-order chi connectivity index (χ0) is 14.0. The SMILES string of the molecule is CCN([C@H]1CCCC[C@H]1OC(C)(C)C)C(C)(C)C. The van der Waals surface area contributed by atoms with E-state index in [9.17, 15) is 0 Å². The average molecular weight is 255 g/mol. The van der Waals surface area contributed by atoms with Gasteiger partial charge in [-0.2, -0.15) is 0 Å². The van der Waals surface area contributed by atoms with E-state index >= 15 is 0 Å². The number of rotatable bonds is 3. The lowest BCUT2D eigenvalue weighted by atomic mass is 9.88. The Morgan fingerprint density at radius 1 is 1.00 bits per heavy atom. The van der Waals surface area contributed by atoms with E-state index in [4.69, 9.17) is 4.74 Å². The summed E-state index contributed by atoms with van der Waals surface area (Å²) in [6.07, 6.45) is 5.57. The lowest BCUT2D eigenvalue weighted by Gasteiger charge is -2.47. The van der Waals surface area contributed by atoms with E-state index in [0.29, 0.717) is 12.1 Å². The smallest absolute Gasteiger partial charge is 0.0737 e. The average Bonchev–Trinajstić information content (AvgIpc) is 2.17. The molecule has 2 heteroatoms. The number of hydrogen-bond acceptors (Lipinski definition) is 2. The van der Waals surface area contributed by atoms with Crippen LogP contribution in [-0.4, -0.2) is 34.7 Å². The second-order valence-electron chi connectivity index (χ2n) is 7.58. The maximum absolute atomic E-state index is 6.33. The first kappa shape index (κ1) is 16.0. The standard InChI is InChI=1S/C16H33NO/c1-8-17(15(2,3)4)13-11-9-10-12-14(13)18-16(5,6)7/h13-14H,8-12H2,1-7H3/t13-,14+/m0/s1. The maximum atomic E-state index is 6.33. The van der Waals surface area contributed by atoms with Crippen molar-refractivity contribution < 1.29 is 4.74 Å². The molecule has 2 atom stereocenters. The highest BCUT2D eigenvalue weighted by Crippen LogP contribution is 2.32. The molecule has 0 amide bonds. The van der Waals surface area contributed by atoms with Gasteiger partial charge in [0.15, 0.2) is 0 Å². The summed E-state index contributed by atoms with van der Waals surface area (Å²) in [6.45, 7) is 16.9. The van der Waals surface area contributed by atoms with Crippen molar-refractivity contribution in [3.8, 4) is 0 Å². The maximum Gasteiger partial charge on any atom is 0.0737 e. The van der Waals surface area contributed by atoms with Gasteiger partial charge in [0, 0.05) is 11.6 Å². The second kappa shape index (κ2) is 5.92. The van der Waals surface area contributed by atoms with Crippen molar-refractivity contribution in [2.75, 3.05) is 6.54 Å². The van der Waals surface area contributed by atoms with Crippen LogP contribution in [-0.2, 0) is 4.74 Å². The summed E-state index contributed by atoms with van der Waals surface area (Å²) in [5, 5.41) is 0. The van der Waals surface area contributed by atoms with Gasteiger partial charge in [0.25, 0.3) is 0 Å². The Labute approximate surface area is 114 Å². The zero-order valence-corrected chi connectivity index (χ0v) is 13.5. The quantitative estimate of drug-likeness (QED) is 0.748. The van der Waals surface area contributed by atoms with Gasteiger partial charge in [0.2, 0.25) is 0 Å². The molecular weight excluding hydrogens is 222 g/mol. The molecule has 1 rings (SSSR count). The summed E-state index contributed by atoms with van der Waals surface area (Å²) < 4.78 is 6.33. The highest BCUT2D eigenvalue weighted by atomic mass is 16.5. The number of nitrogens with zero attached hydrogens (tertiary/aromatic N) is 1. The van der Waals surface area contributed by atoms with Gasteiger partial charge >= 0.3 is 0 Å². The Morgan fingerprint density at radius 3 is 2.00 bits per heavy atom. The molecule has 108 valence electrons. The molecule has 0 spiro atoms. The van der Waals surface area contributed by atoms with Crippen LogP contribution in [0.1, 0.15) is 74.1 Å². The third kappa shape index (κ3) is 4.55. The van der Waals surface area contributed by atoms with E-state index in [1.165, 1.54) is 25.7 Å². The van der Waals surface area contributed by atoms with Gasteiger partial charge in [0.05, 0.1) is 11.7 Å². The third-order valence-electron chi connectivity index (χ3n) is 3.78. The first-order valence-corrected chi connectivity index (χ1v) is 7.59. The van der Waals surface area contributed by atoms with E-state index in [-0.39, 0.29) is 11.1 Å². The van der Waals surface area contributed by atoms with Crippen LogP contribution in [0.15, 0.2) is 0 Å². The molecule has 0 N–H and O–H groups in total. The Hall–Kier alpha value is -0.0800. The fraction of sp³-hybridized carbons (Fsp3) is 1.00. The lowest BCUT2D eigenvalue weighted by molar-refractivity contribution is -0.121. The molecule has 0 radical (unpaired) electrons. The number of ether oxygens (including phenoxy) is 1. The van der Waals surface area contributed by atoms with Crippen LogP contribution >= 0.6 is 0 Å². The first-order valence-electron chi connectivity index (χ1n) is 7.59. The van der Waals surface area contributed by atoms with Gasteiger partial charge in [-0.1, -0.05) is 19.8 Å². The molecule has 2 nitrogen and oxygen atoms in total. The topological polar surface area (TPSA) is 12.5 Å². The molecule has 18 heavy (non-hydrogen) atoms. The van der Waals surface area contributed by atoms with Crippen molar-refractivity contribution in [2.45, 2.75) is 97.4 Å². The van der Waals surface area contributed by atoms with Crippen LogP contribution in [0.5, 0.6) is 0 Å². The monoisotopic (exact) mass is 255 g/mol. The van der Waals surface area contributed by atoms with Crippen molar-refractivity contribution in [2.24, 2.45) is 0 Å². The van der Waals surface area contributed by atoms with Crippen molar-refractivity contribution in [1.82, 2.24) is 4.90 Å². The normalized spacial score (nSPS) is 26.7. The summed E-state index contributed by atoms with van der Waals surface area (Å²) in [7, 11) is 0. The summed E-state index contributed by atoms with van der Waals surface area (Å²) in [4.78, 5) is 2.63. The summed E-state index contributed by atoms with van der Waals surface area (Å²) in [5.41, 5.74) is 0.202. The van der Waals surface area contributed by atoms with Crippen molar-refractivity contribution in [3.05, 3.63) is 0 Å². The Balaban J connectivity index is 2.81. The van der Waals surface area contributed by atoms with Crippen LogP contribution < -0.4 is 0 Å². The van der Waals surface area contributed by atoms with Gasteiger partial charge < -0.3 is 4.74 Å². The minimum absolute atomic E-state index is 0.0302. The second-order valence-corrected chi connectivity index (χ2v) is 7.58. The van der Waals surface area contributed by atoms with Gasteiger partial charge in [-0.05, 0) is 60.9 Å². The van der Waals surface area contributed by atoms with Crippen LogP contribution in [0.3, 0.4) is 0 Å². The molecule has 0 bridgehead atoms. The minimum atomic E-state index is -0.0302. The van der Waals surface area contributed by atoms with Crippen molar-refractivity contribution in [1.29, 1.82) is 0 Å². The summed E-state index contributed by atoms with van der Waals surface area (Å²) in [6, 6.07) is 0.586. The minimum Gasteiger partial charge on any atom is -0.371 e. The Kier molecular flexibility index (Phi) is 5.25. The molecule has 0 aromatic rings. The molecule has 0 heterocycles. The van der Waals surface area contributed by atoms with E-state index in [0.717, 1.165) is 6.54 Å². The van der Waals surface area contributed by atoms with Crippen LogP contribution in [0.25, 0.3) is 0 Å². The zero-order valence-electron chi connectivity index (χ0n) is 13.5. The molecule has 1 fully saturated rings. The van der Waals surface area contributed by atoms with Crippen LogP contribution in [0.4, 0.5) is 0 Å². The highest BCUT2D eigenvalue weighted by molar-refractivity contribution is 4.90. The van der Waals surface area contributed by atoms with Crippen molar-refractivity contribution in [3.63, 3.8) is 0 Å². The lowest BCUT2D eigenvalue weighted by Crippen LogP contribution is -2.55. The molecule has 1 saturated carbocycles.